The number of morpholine rings is 1. The van der Waals surface area contributed by atoms with Crippen LogP contribution in [0, 0.1) is 0 Å². The molecule has 1 aromatic carbocycles. The molecular formula is C21H25N7O3S. The maximum Gasteiger partial charge on any atom is 0.327 e. The molecule has 11 heteroatoms. The summed E-state index contributed by atoms with van der Waals surface area (Å²) in [5.41, 5.74) is 6.69. The standard InChI is InChI=1S/C21H25N7O3S/c1-13(18(29)27(2)3)14-4-6-15(7-5-14)31-21-25-17(16-12-23-19(22)32-16)24-20(26-21)28-8-10-30-11-9-28/h4-7,12-13H,8-11H2,1-3H3,(H2,22,23). The van der Waals surface area contributed by atoms with Crippen LogP contribution in [0.3, 0.4) is 0 Å². The monoisotopic (exact) mass is 455 g/mol. The highest BCUT2D eigenvalue weighted by molar-refractivity contribution is 7.18. The number of rotatable bonds is 6. The van der Waals surface area contributed by atoms with Gasteiger partial charge in [0, 0.05) is 27.2 Å². The second-order valence-corrected chi connectivity index (χ2v) is 8.59. The Labute approximate surface area is 190 Å². The van der Waals surface area contributed by atoms with Crippen molar-refractivity contribution in [2.75, 3.05) is 51.0 Å². The topological polar surface area (TPSA) is 120 Å². The Kier molecular flexibility index (Phi) is 6.47. The number of aromatic nitrogens is 4. The van der Waals surface area contributed by atoms with Crippen molar-refractivity contribution in [3.63, 3.8) is 0 Å². The lowest BCUT2D eigenvalue weighted by Gasteiger charge is -2.26. The van der Waals surface area contributed by atoms with Gasteiger partial charge < -0.3 is 25.0 Å². The second-order valence-electron chi connectivity index (χ2n) is 7.53. The number of anilines is 2. The van der Waals surface area contributed by atoms with E-state index in [0.717, 1.165) is 10.4 Å². The summed E-state index contributed by atoms with van der Waals surface area (Å²) in [4.78, 5) is 34.2. The van der Waals surface area contributed by atoms with Gasteiger partial charge in [-0.3, -0.25) is 4.79 Å². The molecule has 1 saturated heterocycles. The van der Waals surface area contributed by atoms with E-state index in [9.17, 15) is 4.79 Å². The van der Waals surface area contributed by atoms with Crippen LogP contribution in [0.4, 0.5) is 11.1 Å². The van der Waals surface area contributed by atoms with E-state index in [1.807, 2.05) is 24.0 Å². The summed E-state index contributed by atoms with van der Waals surface area (Å²) >= 11 is 1.30. The average Bonchev–Trinajstić information content (AvgIpc) is 3.25. The summed E-state index contributed by atoms with van der Waals surface area (Å²) in [5, 5.41) is 0.438. The first-order chi connectivity index (χ1) is 15.4. The molecule has 1 atom stereocenters. The fourth-order valence-corrected chi connectivity index (χ4v) is 3.88. The predicted molar refractivity (Wildman–Crippen MR) is 122 cm³/mol. The zero-order chi connectivity index (χ0) is 22.7. The molecule has 2 N–H and O–H groups in total. The summed E-state index contributed by atoms with van der Waals surface area (Å²) in [5.74, 6) is 1.33. The van der Waals surface area contributed by atoms with Crippen LogP contribution in [-0.4, -0.2) is 71.1 Å². The minimum absolute atomic E-state index is 0.0414. The van der Waals surface area contributed by atoms with Crippen LogP contribution in [-0.2, 0) is 9.53 Å². The molecule has 0 bridgehead atoms. The number of thiazole rings is 1. The molecule has 168 valence electrons. The lowest BCUT2D eigenvalue weighted by atomic mass is 10.00. The number of hydrogen-bond donors (Lipinski definition) is 1. The van der Waals surface area contributed by atoms with E-state index in [1.54, 1.807) is 37.3 Å². The number of nitrogens with zero attached hydrogens (tertiary/aromatic N) is 6. The molecule has 4 rings (SSSR count). The Balaban J connectivity index is 1.60. The number of nitrogen functional groups attached to an aromatic ring is 1. The highest BCUT2D eigenvalue weighted by Crippen LogP contribution is 2.29. The molecule has 32 heavy (non-hydrogen) atoms. The molecule has 1 amide bonds. The molecular weight excluding hydrogens is 430 g/mol. The molecule has 1 aliphatic rings. The Bertz CT molecular complexity index is 1080. The van der Waals surface area contributed by atoms with Gasteiger partial charge in [0.05, 0.1) is 30.2 Å². The van der Waals surface area contributed by atoms with Crippen LogP contribution in [0.5, 0.6) is 11.8 Å². The molecule has 1 unspecified atom stereocenters. The number of hydrogen-bond acceptors (Lipinski definition) is 10. The quantitative estimate of drug-likeness (QED) is 0.597. The maximum absolute atomic E-state index is 12.2. The Morgan fingerprint density at radius 2 is 1.91 bits per heavy atom. The van der Waals surface area contributed by atoms with Crippen LogP contribution in [0.2, 0.25) is 0 Å². The molecule has 10 nitrogen and oxygen atoms in total. The van der Waals surface area contributed by atoms with Crippen molar-refractivity contribution in [2.24, 2.45) is 0 Å². The van der Waals surface area contributed by atoms with E-state index >= 15 is 0 Å². The van der Waals surface area contributed by atoms with Gasteiger partial charge >= 0.3 is 6.01 Å². The molecule has 0 spiro atoms. The molecule has 0 saturated carbocycles. The first-order valence-electron chi connectivity index (χ1n) is 10.2. The third-order valence-electron chi connectivity index (χ3n) is 5.04. The van der Waals surface area contributed by atoms with E-state index in [4.69, 9.17) is 15.2 Å². The maximum atomic E-state index is 12.2. The van der Waals surface area contributed by atoms with Crippen molar-refractivity contribution >= 4 is 28.3 Å². The second kappa shape index (κ2) is 9.45. The fourth-order valence-electron chi connectivity index (χ4n) is 3.26. The number of nitrogens with two attached hydrogens (primary N) is 1. The summed E-state index contributed by atoms with van der Waals surface area (Å²) in [7, 11) is 3.49. The van der Waals surface area contributed by atoms with E-state index < -0.39 is 0 Å². The van der Waals surface area contributed by atoms with Gasteiger partial charge in [-0.1, -0.05) is 23.5 Å². The van der Waals surface area contributed by atoms with Crippen molar-refractivity contribution in [3.8, 4) is 22.5 Å². The number of likely N-dealkylation sites (N-methyl/N-ethyl adjacent to an activating group) is 1. The van der Waals surface area contributed by atoms with Gasteiger partial charge in [-0.15, -0.1) is 0 Å². The zero-order valence-corrected chi connectivity index (χ0v) is 19.0. The largest absolute Gasteiger partial charge is 0.424 e. The number of ether oxygens (including phenoxy) is 2. The van der Waals surface area contributed by atoms with Crippen molar-refractivity contribution in [2.45, 2.75) is 12.8 Å². The van der Waals surface area contributed by atoms with E-state index in [0.29, 0.717) is 49.0 Å². The molecule has 0 aliphatic carbocycles. The molecule has 1 fully saturated rings. The smallest absolute Gasteiger partial charge is 0.327 e. The van der Waals surface area contributed by atoms with Crippen LogP contribution in [0.1, 0.15) is 18.4 Å². The third-order valence-corrected chi connectivity index (χ3v) is 5.86. The minimum atomic E-state index is -0.243. The average molecular weight is 456 g/mol. The van der Waals surface area contributed by atoms with Gasteiger partial charge in [-0.05, 0) is 24.6 Å². The Morgan fingerprint density at radius 3 is 2.53 bits per heavy atom. The van der Waals surface area contributed by atoms with Crippen molar-refractivity contribution in [1.29, 1.82) is 0 Å². The third kappa shape index (κ3) is 4.94. The summed E-state index contributed by atoms with van der Waals surface area (Å²) in [6, 6.07) is 7.52. The molecule has 1 aliphatic heterocycles. The minimum Gasteiger partial charge on any atom is -0.424 e. The van der Waals surface area contributed by atoms with Crippen LogP contribution >= 0.6 is 11.3 Å². The first-order valence-corrected chi connectivity index (χ1v) is 11.0. The van der Waals surface area contributed by atoms with Crippen LogP contribution in [0.25, 0.3) is 10.7 Å². The predicted octanol–water partition coefficient (Wildman–Crippen LogP) is 2.40. The lowest BCUT2D eigenvalue weighted by Crippen LogP contribution is -2.37. The normalized spacial score (nSPS) is 14.8. The summed E-state index contributed by atoms with van der Waals surface area (Å²) in [6.07, 6.45) is 1.64. The van der Waals surface area contributed by atoms with E-state index in [-0.39, 0.29) is 17.8 Å². The van der Waals surface area contributed by atoms with Gasteiger partial charge in [0.2, 0.25) is 11.9 Å². The number of carbonyl (C=O) groups is 1. The van der Waals surface area contributed by atoms with Crippen molar-refractivity contribution < 1.29 is 14.3 Å². The summed E-state index contributed by atoms with van der Waals surface area (Å²) in [6.45, 7) is 4.46. The summed E-state index contributed by atoms with van der Waals surface area (Å²) < 4.78 is 11.4. The lowest BCUT2D eigenvalue weighted by molar-refractivity contribution is -0.129. The number of benzene rings is 1. The SMILES string of the molecule is CC(C(=O)N(C)C)c1ccc(Oc2nc(-c3cnc(N)s3)nc(N3CCOCC3)n2)cc1. The number of carbonyl (C=O) groups excluding carboxylic acids is 1. The van der Waals surface area contributed by atoms with Crippen molar-refractivity contribution in [1.82, 2.24) is 24.8 Å². The zero-order valence-electron chi connectivity index (χ0n) is 18.2. The molecule has 3 aromatic rings. The molecule has 0 radical (unpaired) electrons. The van der Waals surface area contributed by atoms with E-state index in [1.165, 1.54) is 11.3 Å². The molecule has 2 aromatic heterocycles. The van der Waals surface area contributed by atoms with Gasteiger partial charge in [-0.2, -0.15) is 15.0 Å². The van der Waals surface area contributed by atoms with Crippen molar-refractivity contribution in [3.05, 3.63) is 36.0 Å². The highest BCUT2D eigenvalue weighted by atomic mass is 32.1. The van der Waals surface area contributed by atoms with E-state index in [2.05, 4.69) is 19.9 Å². The Morgan fingerprint density at radius 1 is 1.19 bits per heavy atom. The van der Waals surface area contributed by atoms with Gasteiger partial charge in [-0.25, -0.2) is 4.98 Å². The number of amides is 1. The Hall–Kier alpha value is -3.31. The molecule has 3 heterocycles. The first kappa shape index (κ1) is 21.9. The fraction of sp³-hybridized carbons (Fsp3) is 0.381. The van der Waals surface area contributed by atoms with Gasteiger partial charge in [0.25, 0.3) is 0 Å². The van der Waals surface area contributed by atoms with Gasteiger partial charge in [0.1, 0.15) is 5.75 Å². The van der Waals surface area contributed by atoms with Crippen LogP contribution < -0.4 is 15.4 Å². The van der Waals surface area contributed by atoms with Gasteiger partial charge in [0.15, 0.2) is 11.0 Å². The highest BCUT2D eigenvalue weighted by Gasteiger charge is 2.20. The van der Waals surface area contributed by atoms with Crippen LogP contribution in [0.15, 0.2) is 30.5 Å².